The van der Waals surface area contributed by atoms with E-state index in [9.17, 15) is 0 Å². The van der Waals surface area contributed by atoms with Gasteiger partial charge in [-0.3, -0.25) is 0 Å². The average Bonchev–Trinajstić information content (AvgIpc) is 3.70. The molecule has 0 aliphatic rings. The molecule has 258 valence electrons. The predicted molar refractivity (Wildman–Crippen MR) is 206 cm³/mol. The molecule has 7 aromatic rings. The SMILES string of the molecule is COc1cc2oc3ccccc3c2cc1NCCCCNCc1cccc(CNCCCCNc2cc3c(cc2OC)oc2ccccc23)c1. The zero-order valence-electron chi connectivity index (χ0n) is 28.9. The van der Waals surface area contributed by atoms with Crippen LogP contribution in [0.5, 0.6) is 11.5 Å². The van der Waals surface area contributed by atoms with Crippen molar-refractivity contribution in [3.8, 4) is 11.5 Å². The van der Waals surface area contributed by atoms with Crippen molar-refractivity contribution in [1.29, 1.82) is 0 Å². The lowest BCUT2D eigenvalue weighted by atomic mass is 10.1. The molecule has 5 aromatic carbocycles. The average molecular weight is 671 g/mol. The number of benzene rings is 5. The van der Waals surface area contributed by atoms with Crippen LogP contribution in [-0.4, -0.2) is 40.4 Å². The fraction of sp³-hybridized carbons (Fsp3) is 0.286. The summed E-state index contributed by atoms with van der Waals surface area (Å²) in [6, 6.07) is 33.4. The molecule has 8 nitrogen and oxygen atoms in total. The summed E-state index contributed by atoms with van der Waals surface area (Å²) in [5, 5.41) is 18.8. The van der Waals surface area contributed by atoms with Crippen LogP contribution in [0.1, 0.15) is 36.8 Å². The monoisotopic (exact) mass is 670 g/mol. The fourth-order valence-corrected chi connectivity index (χ4v) is 6.63. The van der Waals surface area contributed by atoms with E-state index in [1.807, 2.05) is 48.5 Å². The molecule has 2 heterocycles. The molecule has 0 bridgehead atoms. The van der Waals surface area contributed by atoms with E-state index in [4.69, 9.17) is 18.3 Å². The third-order valence-electron chi connectivity index (χ3n) is 9.24. The minimum absolute atomic E-state index is 0.802. The van der Waals surface area contributed by atoms with E-state index >= 15 is 0 Å². The Labute approximate surface area is 293 Å². The van der Waals surface area contributed by atoms with Gasteiger partial charge >= 0.3 is 0 Å². The lowest BCUT2D eigenvalue weighted by Crippen LogP contribution is -2.17. The molecule has 0 aliphatic heterocycles. The van der Waals surface area contributed by atoms with E-state index in [1.54, 1.807) is 14.2 Å². The summed E-state index contributed by atoms with van der Waals surface area (Å²) in [5.41, 5.74) is 8.11. The highest BCUT2D eigenvalue weighted by Crippen LogP contribution is 2.37. The van der Waals surface area contributed by atoms with Crippen LogP contribution in [-0.2, 0) is 13.1 Å². The first-order valence-corrected chi connectivity index (χ1v) is 17.7. The highest BCUT2D eigenvalue weighted by Gasteiger charge is 2.13. The van der Waals surface area contributed by atoms with Gasteiger partial charge in [-0.05, 0) is 74.2 Å². The van der Waals surface area contributed by atoms with Crippen molar-refractivity contribution in [3.05, 3.63) is 108 Å². The van der Waals surface area contributed by atoms with E-state index < -0.39 is 0 Å². The van der Waals surface area contributed by atoms with Crippen LogP contribution in [0.2, 0.25) is 0 Å². The first-order chi connectivity index (χ1) is 24.7. The van der Waals surface area contributed by atoms with Gasteiger partial charge in [-0.15, -0.1) is 0 Å². The second-order valence-corrected chi connectivity index (χ2v) is 12.7. The van der Waals surface area contributed by atoms with Crippen LogP contribution < -0.4 is 30.7 Å². The van der Waals surface area contributed by atoms with Crippen molar-refractivity contribution < 1.29 is 18.3 Å². The summed E-state index contributed by atoms with van der Waals surface area (Å²) in [4.78, 5) is 0. The molecule has 0 fully saturated rings. The molecule has 0 unspecified atom stereocenters. The zero-order chi connectivity index (χ0) is 34.1. The lowest BCUT2D eigenvalue weighted by molar-refractivity contribution is 0.416. The van der Waals surface area contributed by atoms with Gasteiger partial charge in [0.15, 0.2) is 0 Å². The number of furan rings is 2. The molecule has 0 saturated heterocycles. The minimum atomic E-state index is 0.802. The molecule has 0 atom stereocenters. The van der Waals surface area contributed by atoms with Gasteiger partial charge in [0, 0.05) is 59.9 Å². The van der Waals surface area contributed by atoms with E-state index in [1.165, 1.54) is 11.1 Å². The number of hydrogen-bond acceptors (Lipinski definition) is 8. The van der Waals surface area contributed by atoms with Crippen LogP contribution in [0, 0.1) is 0 Å². The third kappa shape index (κ3) is 7.67. The Kier molecular flexibility index (Phi) is 10.7. The van der Waals surface area contributed by atoms with Crippen molar-refractivity contribution >= 4 is 55.3 Å². The summed E-state index contributed by atoms with van der Waals surface area (Å²) >= 11 is 0. The first-order valence-electron chi connectivity index (χ1n) is 17.7. The highest BCUT2D eigenvalue weighted by molar-refractivity contribution is 6.07. The van der Waals surface area contributed by atoms with Crippen molar-refractivity contribution in [2.24, 2.45) is 0 Å². The molecule has 4 N–H and O–H groups in total. The van der Waals surface area contributed by atoms with Gasteiger partial charge in [0.05, 0.1) is 25.6 Å². The van der Waals surface area contributed by atoms with Crippen molar-refractivity contribution in [1.82, 2.24) is 10.6 Å². The number of methoxy groups -OCH3 is 2. The topological polar surface area (TPSA) is 92.9 Å². The standard InChI is InChI=1S/C42H46N4O4/c1-47-41-25-39-33(31-14-3-5-16-37(31)49-39)23-35(41)45-20-9-7-18-43-27-29-12-11-13-30(22-29)28-44-19-8-10-21-46-36-24-34-32-15-4-6-17-38(32)50-40(34)26-42(36)48-2/h3-6,11-17,22-26,43-46H,7-10,18-21,27-28H2,1-2H3. The molecule has 0 radical (unpaired) electrons. The Hall–Kier alpha value is -5.18. The molecule has 0 spiro atoms. The Morgan fingerprint density at radius 3 is 1.40 bits per heavy atom. The normalized spacial score (nSPS) is 11.6. The quantitative estimate of drug-likeness (QED) is 0.0672. The number of ether oxygens (including phenoxy) is 2. The highest BCUT2D eigenvalue weighted by atomic mass is 16.5. The molecule has 7 rings (SSSR count). The van der Waals surface area contributed by atoms with E-state index in [2.05, 4.69) is 69.8 Å². The molecule has 0 aliphatic carbocycles. The van der Waals surface area contributed by atoms with Gasteiger partial charge in [-0.2, -0.15) is 0 Å². The predicted octanol–water partition coefficient (Wildman–Crippen LogP) is 9.47. The van der Waals surface area contributed by atoms with Crippen LogP contribution >= 0.6 is 0 Å². The zero-order valence-corrected chi connectivity index (χ0v) is 28.9. The Morgan fingerprint density at radius 1 is 0.460 bits per heavy atom. The largest absolute Gasteiger partial charge is 0.494 e. The number of unbranched alkanes of at least 4 members (excludes halogenated alkanes) is 2. The van der Waals surface area contributed by atoms with Gasteiger partial charge in [-0.1, -0.05) is 60.7 Å². The van der Waals surface area contributed by atoms with Gasteiger partial charge in [-0.25, -0.2) is 0 Å². The summed E-state index contributed by atoms with van der Waals surface area (Å²) in [7, 11) is 3.40. The number of anilines is 2. The Bertz CT molecular complexity index is 2040. The summed E-state index contributed by atoms with van der Waals surface area (Å²) < 4.78 is 23.3. The summed E-state index contributed by atoms with van der Waals surface area (Å²) in [6.07, 6.45) is 4.29. The number of hydrogen-bond donors (Lipinski definition) is 4. The van der Waals surface area contributed by atoms with Gasteiger partial charge in [0.2, 0.25) is 0 Å². The molecule has 50 heavy (non-hydrogen) atoms. The number of nitrogens with one attached hydrogen (secondary N) is 4. The second kappa shape index (κ2) is 16.0. The Morgan fingerprint density at radius 2 is 0.920 bits per heavy atom. The molecule has 0 saturated carbocycles. The second-order valence-electron chi connectivity index (χ2n) is 12.7. The maximum absolute atomic E-state index is 6.01. The Balaban J connectivity index is 0.783. The maximum Gasteiger partial charge on any atom is 0.145 e. The molecule has 2 aromatic heterocycles. The lowest BCUT2D eigenvalue weighted by Gasteiger charge is -2.12. The molecule has 8 heteroatoms. The number of para-hydroxylation sites is 2. The van der Waals surface area contributed by atoms with E-state index in [-0.39, 0.29) is 0 Å². The van der Waals surface area contributed by atoms with Crippen LogP contribution in [0.25, 0.3) is 43.9 Å². The maximum atomic E-state index is 6.01. The van der Waals surface area contributed by atoms with E-state index in [0.29, 0.717) is 0 Å². The molecular formula is C42H46N4O4. The minimum Gasteiger partial charge on any atom is -0.494 e. The van der Waals surface area contributed by atoms with E-state index in [0.717, 1.165) is 132 Å². The molecular weight excluding hydrogens is 624 g/mol. The summed E-state index contributed by atoms with van der Waals surface area (Å²) in [5.74, 6) is 1.60. The van der Waals surface area contributed by atoms with Crippen molar-refractivity contribution in [2.75, 3.05) is 51.0 Å². The summed E-state index contributed by atoms with van der Waals surface area (Å²) in [6.45, 7) is 5.44. The van der Waals surface area contributed by atoms with Crippen LogP contribution in [0.3, 0.4) is 0 Å². The van der Waals surface area contributed by atoms with Gasteiger partial charge in [0.25, 0.3) is 0 Å². The number of fused-ring (bicyclic) bond motifs is 6. The third-order valence-corrected chi connectivity index (χ3v) is 9.24. The van der Waals surface area contributed by atoms with Crippen molar-refractivity contribution in [3.63, 3.8) is 0 Å². The smallest absolute Gasteiger partial charge is 0.145 e. The van der Waals surface area contributed by atoms with Crippen LogP contribution in [0.15, 0.2) is 106 Å². The molecule has 0 amide bonds. The first kappa shape index (κ1) is 33.3. The van der Waals surface area contributed by atoms with Gasteiger partial charge < -0.3 is 39.6 Å². The van der Waals surface area contributed by atoms with Crippen LogP contribution in [0.4, 0.5) is 11.4 Å². The number of rotatable bonds is 18. The van der Waals surface area contributed by atoms with Gasteiger partial charge in [0.1, 0.15) is 33.8 Å². The van der Waals surface area contributed by atoms with Crippen molar-refractivity contribution in [2.45, 2.75) is 38.8 Å². The fourth-order valence-electron chi connectivity index (χ4n) is 6.63.